The minimum absolute atomic E-state index is 0.0780. The molecule has 3 rings (SSSR count). The van der Waals surface area contributed by atoms with E-state index < -0.39 is 22.0 Å². The van der Waals surface area contributed by atoms with E-state index >= 15 is 0 Å². The fourth-order valence-electron chi connectivity index (χ4n) is 3.31. The van der Waals surface area contributed by atoms with Gasteiger partial charge in [0, 0.05) is 34.7 Å². The summed E-state index contributed by atoms with van der Waals surface area (Å²) in [7, 11) is -3.67. The molecule has 39 heavy (non-hydrogen) atoms. The molecule has 206 valence electrons. The Morgan fingerprint density at radius 1 is 0.923 bits per heavy atom. The monoisotopic (exact) mass is 572 g/mol. The molecule has 0 atom stereocenters. The molecule has 0 aliphatic carbocycles. The fraction of sp³-hybridized carbons (Fsp3) is 0.154. The maximum Gasteiger partial charge on any atom is 0.336 e. The van der Waals surface area contributed by atoms with Crippen LogP contribution >= 0.6 is 11.8 Å². The van der Waals surface area contributed by atoms with E-state index in [1.54, 1.807) is 72.4 Å². The molecule has 0 aliphatic rings. The number of anilines is 1. The number of nitrogen functional groups attached to an aromatic ring is 1. The lowest BCUT2D eigenvalue weighted by atomic mass is 9.93. The lowest BCUT2D eigenvalue weighted by molar-refractivity contribution is 0.0697. The molecule has 0 unspecified atom stereocenters. The first-order valence-corrected chi connectivity index (χ1v) is 14.5. The van der Waals surface area contributed by atoms with Crippen molar-refractivity contribution in [3.8, 4) is 11.1 Å². The third kappa shape index (κ3) is 9.89. The second-order valence-corrected chi connectivity index (χ2v) is 10.5. The van der Waals surface area contributed by atoms with Crippen LogP contribution in [0.1, 0.15) is 36.6 Å². The third-order valence-electron chi connectivity index (χ3n) is 5.02. The highest BCUT2D eigenvalue weighted by Crippen LogP contribution is 2.29. The van der Waals surface area contributed by atoms with Crippen molar-refractivity contribution in [1.29, 1.82) is 5.41 Å². The van der Waals surface area contributed by atoms with Gasteiger partial charge in [0.15, 0.2) is 0 Å². The molecular formula is C26H28N4O7S2. The van der Waals surface area contributed by atoms with Gasteiger partial charge in [-0.25, -0.2) is 4.79 Å². The third-order valence-corrected chi connectivity index (χ3v) is 5.63. The lowest BCUT2D eigenvalue weighted by Crippen LogP contribution is -2.26. The number of hydrogen-bond acceptors (Lipinski definition) is 7. The number of nitrogens with two attached hydrogens (primary N) is 1. The van der Waals surface area contributed by atoms with Gasteiger partial charge in [-0.3, -0.25) is 19.6 Å². The van der Waals surface area contributed by atoms with Gasteiger partial charge in [-0.1, -0.05) is 24.3 Å². The first kappa shape index (κ1) is 31.0. The SMILES string of the molecule is CS(=O)(=O)O.CSCCNC(=O)c1ccc(-c2ccccc2C(=O)Nc2ccc(C(=N)N)cc2)c(C(=O)O)c1. The highest BCUT2D eigenvalue weighted by atomic mass is 32.2. The van der Waals surface area contributed by atoms with Crippen molar-refractivity contribution in [1.82, 2.24) is 5.32 Å². The van der Waals surface area contributed by atoms with E-state index in [9.17, 15) is 27.9 Å². The zero-order valence-electron chi connectivity index (χ0n) is 21.1. The van der Waals surface area contributed by atoms with E-state index in [-0.39, 0.29) is 28.4 Å². The standard InChI is InChI=1S/C25H24N4O4S.CH4O3S/c1-34-13-12-28-23(30)16-8-11-19(21(14-16)25(32)33)18-4-2-3-5-20(18)24(31)29-17-9-6-15(7-10-17)22(26)27;1-5(2,3)4/h2-11,14H,12-13H2,1H3,(H3,26,27)(H,28,30)(H,29,31)(H,32,33);1H3,(H,2,3,4). The number of benzene rings is 3. The zero-order chi connectivity index (χ0) is 29.2. The molecule has 0 aliphatic heterocycles. The number of amidine groups is 1. The Bertz CT molecular complexity index is 1470. The molecule has 0 heterocycles. The molecular weight excluding hydrogens is 544 g/mol. The topological polar surface area (TPSA) is 200 Å². The summed E-state index contributed by atoms with van der Waals surface area (Å²) in [6.45, 7) is 0.473. The molecule has 0 radical (unpaired) electrons. The van der Waals surface area contributed by atoms with Crippen LogP contribution in [0.25, 0.3) is 11.1 Å². The van der Waals surface area contributed by atoms with Gasteiger partial charge in [0.2, 0.25) is 0 Å². The number of amides is 2. The number of carbonyl (C=O) groups excluding carboxylic acids is 2. The number of thioether (sulfide) groups is 1. The van der Waals surface area contributed by atoms with Gasteiger partial charge in [0.1, 0.15) is 5.84 Å². The second-order valence-electron chi connectivity index (χ2n) is 8.04. The van der Waals surface area contributed by atoms with Gasteiger partial charge in [0.05, 0.1) is 11.8 Å². The Morgan fingerprint density at radius 2 is 1.49 bits per heavy atom. The second kappa shape index (κ2) is 14.1. The van der Waals surface area contributed by atoms with Gasteiger partial charge in [-0.2, -0.15) is 20.2 Å². The predicted molar refractivity (Wildman–Crippen MR) is 152 cm³/mol. The maximum absolute atomic E-state index is 13.0. The van der Waals surface area contributed by atoms with Gasteiger partial charge in [0.25, 0.3) is 21.9 Å². The highest BCUT2D eigenvalue weighted by Gasteiger charge is 2.20. The quantitative estimate of drug-likeness (QED) is 0.0964. The lowest BCUT2D eigenvalue weighted by Gasteiger charge is -2.14. The normalized spacial score (nSPS) is 10.5. The molecule has 2 amide bonds. The molecule has 0 saturated carbocycles. The first-order chi connectivity index (χ1) is 18.3. The van der Waals surface area contributed by atoms with Crippen LogP contribution in [0.15, 0.2) is 66.7 Å². The van der Waals surface area contributed by atoms with Gasteiger partial charge >= 0.3 is 5.97 Å². The van der Waals surface area contributed by atoms with Gasteiger partial charge in [-0.15, -0.1) is 0 Å². The molecule has 3 aromatic carbocycles. The van der Waals surface area contributed by atoms with Crippen LogP contribution in [0.2, 0.25) is 0 Å². The Labute approximate surface area is 230 Å². The van der Waals surface area contributed by atoms with Crippen molar-refractivity contribution >= 4 is 51.2 Å². The Morgan fingerprint density at radius 3 is 2.05 bits per heavy atom. The summed E-state index contributed by atoms with van der Waals surface area (Å²) in [6.07, 6.45) is 2.64. The van der Waals surface area contributed by atoms with Crippen molar-refractivity contribution in [3.63, 3.8) is 0 Å². The Hall–Kier alpha value is -4.20. The number of nitrogens with one attached hydrogen (secondary N) is 3. The minimum atomic E-state index is -3.67. The van der Waals surface area contributed by atoms with Crippen LogP contribution in [0.3, 0.4) is 0 Å². The van der Waals surface area contributed by atoms with E-state index in [0.29, 0.717) is 35.2 Å². The largest absolute Gasteiger partial charge is 0.478 e. The van der Waals surface area contributed by atoms with Crippen molar-refractivity contribution < 1.29 is 32.5 Å². The smallest absolute Gasteiger partial charge is 0.336 e. The minimum Gasteiger partial charge on any atom is -0.478 e. The van der Waals surface area contributed by atoms with Crippen LogP contribution in [0, 0.1) is 5.41 Å². The summed E-state index contributed by atoms with van der Waals surface area (Å²) in [6, 6.07) is 17.6. The summed E-state index contributed by atoms with van der Waals surface area (Å²) in [5.41, 5.74) is 7.67. The molecule has 0 saturated heterocycles. The molecule has 0 fully saturated rings. The summed E-state index contributed by atoms with van der Waals surface area (Å²) >= 11 is 1.59. The molecule has 3 aromatic rings. The van der Waals surface area contributed by atoms with E-state index in [1.165, 1.54) is 6.07 Å². The molecule has 0 spiro atoms. The number of rotatable bonds is 9. The number of carboxylic acid groups (broad SMARTS) is 1. The summed E-state index contributed by atoms with van der Waals surface area (Å²) < 4.78 is 25.9. The highest BCUT2D eigenvalue weighted by molar-refractivity contribution is 7.98. The van der Waals surface area contributed by atoms with Crippen molar-refractivity contribution in [2.75, 3.05) is 30.1 Å². The molecule has 0 bridgehead atoms. The van der Waals surface area contributed by atoms with E-state index in [1.807, 2.05) is 6.26 Å². The molecule has 0 aromatic heterocycles. The number of hydrogen-bond donors (Lipinski definition) is 6. The molecule has 11 nitrogen and oxygen atoms in total. The van der Waals surface area contributed by atoms with Crippen molar-refractivity contribution in [2.24, 2.45) is 5.73 Å². The summed E-state index contributed by atoms with van der Waals surface area (Å²) in [5, 5.41) is 22.8. The van der Waals surface area contributed by atoms with E-state index in [0.717, 1.165) is 5.75 Å². The van der Waals surface area contributed by atoms with Crippen molar-refractivity contribution in [3.05, 3.63) is 89.0 Å². The van der Waals surface area contributed by atoms with Crippen LogP contribution in [0.4, 0.5) is 5.69 Å². The molecule has 7 N–H and O–H groups in total. The van der Waals surface area contributed by atoms with Crippen molar-refractivity contribution in [2.45, 2.75) is 0 Å². The average Bonchev–Trinajstić information content (AvgIpc) is 2.87. The number of carbonyl (C=O) groups is 3. The van der Waals surface area contributed by atoms with E-state index in [2.05, 4.69) is 10.6 Å². The van der Waals surface area contributed by atoms with Crippen LogP contribution in [0.5, 0.6) is 0 Å². The maximum atomic E-state index is 13.0. The summed E-state index contributed by atoms with van der Waals surface area (Å²) in [4.78, 5) is 37.5. The average molecular weight is 573 g/mol. The molecule has 13 heteroatoms. The van der Waals surface area contributed by atoms with E-state index in [4.69, 9.17) is 15.7 Å². The Kier molecular flexibility index (Phi) is 11.2. The Balaban J connectivity index is 0.000000976. The summed E-state index contributed by atoms with van der Waals surface area (Å²) in [5.74, 6) is -1.32. The zero-order valence-corrected chi connectivity index (χ0v) is 22.7. The number of carboxylic acids is 1. The predicted octanol–water partition coefficient (Wildman–Crippen LogP) is 3.18. The van der Waals surface area contributed by atoms with Crippen LogP contribution < -0.4 is 16.4 Å². The van der Waals surface area contributed by atoms with Crippen LogP contribution in [-0.4, -0.2) is 66.5 Å². The fourth-order valence-corrected chi connectivity index (χ4v) is 3.62. The van der Waals surface area contributed by atoms with Gasteiger partial charge in [-0.05, 0) is 59.8 Å². The van der Waals surface area contributed by atoms with Gasteiger partial charge < -0.3 is 21.5 Å². The first-order valence-electron chi connectivity index (χ1n) is 11.2. The van der Waals surface area contributed by atoms with Crippen LogP contribution in [-0.2, 0) is 10.1 Å². The number of aromatic carboxylic acids is 1.